The molecule has 0 aliphatic rings. The van der Waals surface area contributed by atoms with Crippen molar-refractivity contribution >= 4 is 0 Å². The first kappa shape index (κ1) is 13.5. The van der Waals surface area contributed by atoms with Crippen molar-refractivity contribution in [2.45, 2.75) is 26.2 Å². The molecule has 1 heterocycles. The predicted octanol–water partition coefficient (Wildman–Crippen LogP) is 3.83. The van der Waals surface area contributed by atoms with Gasteiger partial charge in [0.2, 0.25) is 5.82 Å². The SMILES string of the molecule is CC(C)(C)c1ccc(-c2cccc(-c3nn[nH]n3)c2)cc1. The van der Waals surface area contributed by atoms with Crippen molar-refractivity contribution in [2.24, 2.45) is 0 Å². The topological polar surface area (TPSA) is 54.5 Å². The summed E-state index contributed by atoms with van der Waals surface area (Å²) < 4.78 is 0. The molecule has 106 valence electrons. The highest BCUT2D eigenvalue weighted by molar-refractivity contribution is 5.70. The lowest BCUT2D eigenvalue weighted by atomic mass is 9.86. The van der Waals surface area contributed by atoms with Gasteiger partial charge in [-0.3, -0.25) is 0 Å². The summed E-state index contributed by atoms with van der Waals surface area (Å²) >= 11 is 0. The molecule has 0 atom stereocenters. The number of benzene rings is 2. The molecule has 1 aromatic heterocycles. The van der Waals surface area contributed by atoms with Crippen LogP contribution in [0.3, 0.4) is 0 Å². The van der Waals surface area contributed by atoms with Crippen molar-refractivity contribution in [3.8, 4) is 22.5 Å². The normalized spacial score (nSPS) is 11.6. The van der Waals surface area contributed by atoms with E-state index < -0.39 is 0 Å². The van der Waals surface area contributed by atoms with Gasteiger partial charge in [0.25, 0.3) is 0 Å². The standard InChI is InChI=1S/C17H18N4/c1-17(2,3)15-9-7-12(8-10-15)13-5-4-6-14(11-13)16-18-20-21-19-16/h4-11H,1-3H3,(H,18,19,20,21). The van der Waals surface area contributed by atoms with E-state index in [4.69, 9.17) is 0 Å². The maximum atomic E-state index is 4.02. The van der Waals surface area contributed by atoms with Gasteiger partial charge in [0, 0.05) is 5.56 Å². The number of hydrogen-bond donors (Lipinski definition) is 1. The van der Waals surface area contributed by atoms with Gasteiger partial charge in [-0.2, -0.15) is 5.21 Å². The molecule has 3 aromatic rings. The summed E-state index contributed by atoms with van der Waals surface area (Å²) in [7, 11) is 0. The van der Waals surface area contributed by atoms with Crippen LogP contribution in [0.5, 0.6) is 0 Å². The molecular weight excluding hydrogens is 260 g/mol. The lowest BCUT2D eigenvalue weighted by Gasteiger charge is -2.19. The van der Waals surface area contributed by atoms with Gasteiger partial charge >= 0.3 is 0 Å². The summed E-state index contributed by atoms with van der Waals surface area (Å²) in [4.78, 5) is 0. The quantitative estimate of drug-likeness (QED) is 0.775. The van der Waals surface area contributed by atoms with Crippen molar-refractivity contribution in [3.63, 3.8) is 0 Å². The van der Waals surface area contributed by atoms with Crippen LogP contribution in [0.1, 0.15) is 26.3 Å². The van der Waals surface area contributed by atoms with Crippen LogP contribution in [-0.4, -0.2) is 20.6 Å². The molecular formula is C17H18N4. The molecule has 0 radical (unpaired) electrons. The molecule has 2 aromatic carbocycles. The number of aromatic nitrogens is 4. The Labute approximate surface area is 124 Å². The fraction of sp³-hybridized carbons (Fsp3) is 0.235. The van der Waals surface area contributed by atoms with Gasteiger partial charge in [0.05, 0.1) is 0 Å². The van der Waals surface area contributed by atoms with Gasteiger partial charge in [0.15, 0.2) is 0 Å². The van der Waals surface area contributed by atoms with Gasteiger partial charge in [-0.25, -0.2) is 0 Å². The Morgan fingerprint density at radius 2 is 1.57 bits per heavy atom. The van der Waals surface area contributed by atoms with Crippen LogP contribution in [0.15, 0.2) is 48.5 Å². The minimum Gasteiger partial charge on any atom is -0.177 e. The first-order valence-electron chi connectivity index (χ1n) is 6.99. The largest absolute Gasteiger partial charge is 0.204 e. The van der Waals surface area contributed by atoms with Gasteiger partial charge < -0.3 is 0 Å². The molecule has 4 heteroatoms. The lowest BCUT2D eigenvalue weighted by molar-refractivity contribution is 0.590. The molecule has 0 amide bonds. The summed E-state index contributed by atoms with van der Waals surface area (Å²) in [5.41, 5.74) is 4.80. The number of rotatable bonds is 2. The first-order chi connectivity index (χ1) is 10.0. The summed E-state index contributed by atoms with van der Waals surface area (Å²) in [6, 6.07) is 16.9. The van der Waals surface area contributed by atoms with Crippen molar-refractivity contribution in [1.82, 2.24) is 20.6 Å². The van der Waals surface area contributed by atoms with Gasteiger partial charge in [-0.05, 0) is 33.4 Å². The van der Waals surface area contributed by atoms with E-state index in [1.54, 1.807) is 0 Å². The fourth-order valence-corrected chi connectivity index (χ4v) is 2.28. The third kappa shape index (κ3) is 2.84. The maximum Gasteiger partial charge on any atom is 0.204 e. The van der Waals surface area contributed by atoms with Crippen molar-refractivity contribution < 1.29 is 0 Å². The third-order valence-electron chi connectivity index (χ3n) is 3.55. The second-order valence-electron chi connectivity index (χ2n) is 6.14. The van der Waals surface area contributed by atoms with Crippen LogP contribution < -0.4 is 0 Å². The predicted molar refractivity (Wildman–Crippen MR) is 83.7 cm³/mol. The third-order valence-corrected chi connectivity index (χ3v) is 3.55. The van der Waals surface area contributed by atoms with Gasteiger partial charge in [-0.15, -0.1) is 10.2 Å². The molecule has 4 nitrogen and oxygen atoms in total. The van der Waals surface area contributed by atoms with E-state index in [1.807, 2.05) is 12.1 Å². The molecule has 0 aliphatic heterocycles. The fourth-order valence-electron chi connectivity index (χ4n) is 2.28. The van der Waals surface area contributed by atoms with Gasteiger partial charge in [0.1, 0.15) is 0 Å². The second kappa shape index (κ2) is 5.13. The van der Waals surface area contributed by atoms with E-state index in [0.717, 1.165) is 11.1 Å². The Balaban J connectivity index is 1.96. The highest BCUT2D eigenvalue weighted by Crippen LogP contribution is 2.27. The summed E-state index contributed by atoms with van der Waals surface area (Å²) in [6.45, 7) is 6.66. The Hall–Kier alpha value is -2.49. The highest BCUT2D eigenvalue weighted by Gasteiger charge is 2.13. The second-order valence-corrected chi connectivity index (χ2v) is 6.14. The number of H-pyrrole nitrogens is 1. The molecule has 0 saturated heterocycles. The van der Waals surface area contributed by atoms with Crippen LogP contribution in [0, 0.1) is 0 Å². The van der Waals surface area contributed by atoms with Crippen LogP contribution in [0.2, 0.25) is 0 Å². The minimum atomic E-state index is 0.172. The van der Waals surface area contributed by atoms with E-state index in [2.05, 4.69) is 77.8 Å². The Kier molecular flexibility index (Phi) is 3.29. The van der Waals surface area contributed by atoms with Crippen molar-refractivity contribution in [1.29, 1.82) is 0 Å². The molecule has 0 unspecified atom stereocenters. The summed E-state index contributed by atoms with van der Waals surface area (Å²) in [6.07, 6.45) is 0. The molecule has 0 saturated carbocycles. The number of aromatic amines is 1. The van der Waals surface area contributed by atoms with E-state index in [0.29, 0.717) is 5.82 Å². The summed E-state index contributed by atoms with van der Waals surface area (Å²) in [5, 5.41) is 14.1. The molecule has 3 rings (SSSR count). The van der Waals surface area contributed by atoms with Crippen LogP contribution >= 0.6 is 0 Å². The average molecular weight is 278 g/mol. The smallest absolute Gasteiger partial charge is 0.177 e. The minimum absolute atomic E-state index is 0.172. The molecule has 0 aliphatic carbocycles. The van der Waals surface area contributed by atoms with E-state index in [-0.39, 0.29) is 5.41 Å². The van der Waals surface area contributed by atoms with Crippen LogP contribution in [0.25, 0.3) is 22.5 Å². The van der Waals surface area contributed by atoms with Gasteiger partial charge in [-0.1, -0.05) is 63.2 Å². The van der Waals surface area contributed by atoms with E-state index >= 15 is 0 Å². The Bertz CT molecular complexity index is 722. The first-order valence-corrected chi connectivity index (χ1v) is 6.99. The summed E-state index contributed by atoms with van der Waals surface area (Å²) in [5.74, 6) is 0.614. The average Bonchev–Trinajstić information content (AvgIpc) is 3.01. The molecule has 0 fully saturated rings. The number of nitrogens with zero attached hydrogens (tertiary/aromatic N) is 3. The highest BCUT2D eigenvalue weighted by atomic mass is 15.5. The van der Waals surface area contributed by atoms with Crippen LogP contribution in [-0.2, 0) is 5.41 Å². The zero-order valence-corrected chi connectivity index (χ0v) is 12.5. The van der Waals surface area contributed by atoms with Crippen molar-refractivity contribution in [3.05, 3.63) is 54.1 Å². The molecule has 0 bridgehead atoms. The molecule has 21 heavy (non-hydrogen) atoms. The Morgan fingerprint density at radius 1 is 0.857 bits per heavy atom. The molecule has 1 N–H and O–H groups in total. The zero-order valence-electron chi connectivity index (χ0n) is 12.5. The monoisotopic (exact) mass is 278 g/mol. The number of hydrogen-bond acceptors (Lipinski definition) is 3. The number of nitrogens with one attached hydrogen (secondary N) is 1. The van der Waals surface area contributed by atoms with Crippen molar-refractivity contribution in [2.75, 3.05) is 0 Å². The van der Waals surface area contributed by atoms with E-state index in [1.165, 1.54) is 11.1 Å². The Morgan fingerprint density at radius 3 is 2.19 bits per heavy atom. The van der Waals surface area contributed by atoms with E-state index in [9.17, 15) is 0 Å². The molecule has 0 spiro atoms. The van der Waals surface area contributed by atoms with Crippen LogP contribution in [0.4, 0.5) is 0 Å². The zero-order chi connectivity index (χ0) is 14.9. The lowest BCUT2D eigenvalue weighted by Crippen LogP contribution is -2.10. The number of tetrazole rings is 1. The maximum absolute atomic E-state index is 4.02.